The molecule has 1 fully saturated rings. The number of rotatable bonds is 9. The summed E-state index contributed by atoms with van der Waals surface area (Å²) in [6.07, 6.45) is 12.8. The first-order valence-electron chi connectivity index (χ1n) is 7.54. The average molecular weight is 250 g/mol. The third kappa shape index (κ3) is 6.25. The van der Waals surface area contributed by atoms with Gasteiger partial charge in [-0.1, -0.05) is 44.8 Å². The van der Waals surface area contributed by atoms with E-state index in [1.807, 2.05) is 0 Å². The van der Waals surface area contributed by atoms with E-state index in [1.165, 1.54) is 50.6 Å². The molecule has 0 spiro atoms. The van der Waals surface area contributed by atoms with Crippen LogP contribution >= 0.6 is 0 Å². The first-order valence-corrected chi connectivity index (χ1v) is 7.54. The SMILES string of the molecule is C=C(C)/C(=C\CC1CCCC1)NCCCCCN. The van der Waals surface area contributed by atoms with Crippen LogP contribution in [0.25, 0.3) is 0 Å². The first-order chi connectivity index (χ1) is 8.74. The number of nitrogens with one attached hydrogen (secondary N) is 1. The maximum absolute atomic E-state index is 5.49. The van der Waals surface area contributed by atoms with E-state index in [1.54, 1.807) is 0 Å². The van der Waals surface area contributed by atoms with E-state index in [4.69, 9.17) is 5.73 Å². The number of hydrogen-bond acceptors (Lipinski definition) is 2. The van der Waals surface area contributed by atoms with Crippen molar-refractivity contribution in [3.63, 3.8) is 0 Å². The molecule has 18 heavy (non-hydrogen) atoms. The second-order valence-electron chi connectivity index (χ2n) is 5.56. The minimum atomic E-state index is 0.810. The average Bonchev–Trinajstić information content (AvgIpc) is 2.85. The van der Waals surface area contributed by atoms with Gasteiger partial charge in [0.15, 0.2) is 0 Å². The lowest BCUT2D eigenvalue weighted by molar-refractivity contribution is 0.554. The monoisotopic (exact) mass is 250 g/mol. The lowest BCUT2D eigenvalue weighted by Crippen LogP contribution is -2.16. The Morgan fingerprint density at radius 1 is 1.28 bits per heavy atom. The molecule has 2 heteroatoms. The van der Waals surface area contributed by atoms with Gasteiger partial charge < -0.3 is 11.1 Å². The Balaban J connectivity index is 2.25. The topological polar surface area (TPSA) is 38.0 Å². The predicted octanol–water partition coefficient (Wildman–Crippen LogP) is 3.75. The first kappa shape index (κ1) is 15.3. The summed E-state index contributed by atoms with van der Waals surface area (Å²) in [7, 11) is 0. The van der Waals surface area contributed by atoms with Crippen molar-refractivity contribution in [2.45, 2.75) is 58.3 Å². The van der Waals surface area contributed by atoms with Gasteiger partial charge in [0.05, 0.1) is 0 Å². The summed E-state index contributed by atoms with van der Waals surface area (Å²) in [6, 6.07) is 0. The van der Waals surface area contributed by atoms with Gasteiger partial charge in [0.2, 0.25) is 0 Å². The molecule has 0 bridgehead atoms. The molecule has 0 heterocycles. The maximum atomic E-state index is 5.49. The molecule has 0 aromatic carbocycles. The van der Waals surface area contributed by atoms with Gasteiger partial charge in [-0.2, -0.15) is 0 Å². The number of allylic oxidation sites excluding steroid dienone is 2. The summed E-state index contributed by atoms with van der Waals surface area (Å²) in [5.74, 6) is 0.915. The molecule has 1 rings (SSSR count). The van der Waals surface area contributed by atoms with E-state index in [-0.39, 0.29) is 0 Å². The molecule has 2 nitrogen and oxygen atoms in total. The van der Waals surface area contributed by atoms with E-state index in [9.17, 15) is 0 Å². The number of unbranched alkanes of at least 4 members (excludes halogenated alkanes) is 2. The van der Waals surface area contributed by atoms with Gasteiger partial charge in [-0.05, 0) is 44.2 Å². The molecule has 0 atom stereocenters. The van der Waals surface area contributed by atoms with Crippen molar-refractivity contribution in [1.29, 1.82) is 0 Å². The summed E-state index contributed by atoms with van der Waals surface area (Å²) in [5.41, 5.74) is 7.91. The van der Waals surface area contributed by atoms with Crippen LogP contribution in [0.3, 0.4) is 0 Å². The van der Waals surface area contributed by atoms with Crippen LogP contribution in [0.5, 0.6) is 0 Å². The zero-order chi connectivity index (χ0) is 13.2. The summed E-state index contributed by atoms with van der Waals surface area (Å²) >= 11 is 0. The van der Waals surface area contributed by atoms with Crippen molar-refractivity contribution in [3.05, 3.63) is 23.9 Å². The van der Waals surface area contributed by atoms with Crippen molar-refractivity contribution < 1.29 is 0 Å². The lowest BCUT2D eigenvalue weighted by atomic mass is 10.0. The Hall–Kier alpha value is -0.760. The van der Waals surface area contributed by atoms with Crippen molar-refractivity contribution in [2.24, 2.45) is 11.7 Å². The lowest BCUT2D eigenvalue weighted by Gasteiger charge is -2.12. The number of nitrogens with two attached hydrogens (primary N) is 1. The normalized spacial score (nSPS) is 17.1. The van der Waals surface area contributed by atoms with Crippen LogP contribution in [-0.4, -0.2) is 13.1 Å². The predicted molar refractivity (Wildman–Crippen MR) is 80.4 cm³/mol. The van der Waals surface area contributed by atoms with Gasteiger partial charge in [0.1, 0.15) is 0 Å². The highest BCUT2D eigenvalue weighted by Crippen LogP contribution is 2.28. The highest BCUT2D eigenvalue weighted by molar-refractivity contribution is 5.24. The fraction of sp³-hybridized carbons (Fsp3) is 0.750. The molecule has 1 saturated carbocycles. The Kier molecular flexibility index (Phi) is 7.83. The van der Waals surface area contributed by atoms with E-state index in [0.717, 1.165) is 31.0 Å². The zero-order valence-electron chi connectivity index (χ0n) is 12.0. The summed E-state index contributed by atoms with van der Waals surface area (Å²) < 4.78 is 0. The summed E-state index contributed by atoms with van der Waals surface area (Å²) in [5, 5.41) is 3.52. The zero-order valence-corrected chi connectivity index (χ0v) is 12.0. The Morgan fingerprint density at radius 2 is 2.00 bits per heavy atom. The molecule has 0 aliphatic heterocycles. The van der Waals surface area contributed by atoms with Crippen LogP contribution in [0, 0.1) is 5.92 Å². The van der Waals surface area contributed by atoms with Gasteiger partial charge in [-0.25, -0.2) is 0 Å². The summed E-state index contributed by atoms with van der Waals surface area (Å²) in [4.78, 5) is 0. The van der Waals surface area contributed by atoms with Crippen molar-refractivity contribution in [2.75, 3.05) is 13.1 Å². The Labute approximate surface area is 113 Å². The molecule has 0 saturated heterocycles. The minimum Gasteiger partial charge on any atom is -0.385 e. The third-order valence-corrected chi connectivity index (χ3v) is 3.79. The van der Waals surface area contributed by atoms with Crippen LogP contribution in [0.4, 0.5) is 0 Å². The van der Waals surface area contributed by atoms with Gasteiger partial charge in [-0.15, -0.1) is 0 Å². The highest BCUT2D eigenvalue weighted by atomic mass is 14.9. The van der Waals surface area contributed by atoms with Gasteiger partial charge in [-0.3, -0.25) is 0 Å². The van der Waals surface area contributed by atoms with Crippen molar-refractivity contribution in [3.8, 4) is 0 Å². The molecule has 0 amide bonds. The van der Waals surface area contributed by atoms with Crippen LogP contribution < -0.4 is 11.1 Å². The summed E-state index contributed by atoms with van der Waals surface area (Å²) in [6.45, 7) is 8.01. The van der Waals surface area contributed by atoms with Crippen LogP contribution in [0.1, 0.15) is 58.3 Å². The third-order valence-electron chi connectivity index (χ3n) is 3.79. The van der Waals surface area contributed by atoms with E-state index in [2.05, 4.69) is 24.9 Å². The quantitative estimate of drug-likeness (QED) is 0.483. The van der Waals surface area contributed by atoms with E-state index < -0.39 is 0 Å². The maximum Gasteiger partial charge on any atom is 0.0323 e. The van der Waals surface area contributed by atoms with Crippen LogP contribution in [0.2, 0.25) is 0 Å². The van der Waals surface area contributed by atoms with Crippen LogP contribution in [-0.2, 0) is 0 Å². The van der Waals surface area contributed by atoms with E-state index in [0.29, 0.717) is 0 Å². The smallest absolute Gasteiger partial charge is 0.0323 e. The van der Waals surface area contributed by atoms with E-state index >= 15 is 0 Å². The standard InChI is InChI=1S/C16H30N2/c1-14(2)16(18-13-7-3-6-12-17)11-10-15-8-4-5-9-15/h11,15,18H,1,3-10,12-13,17H2,2H3/b16-11+. The van der Waals surface area contributed by atoms with Gasteiger partial charge >= 0.3 is 0 Å². The molecule has 1 aliphatic rings. The molecule has 0 aromatic heterocycles. The van der Waals surface area contributed by atoms with Crippen molar-refractivity contribution in [1.82, 2.24) is 5.32 Å². The highest BCUT2D eigenvalue weighted by Gasteiger charge is 2.13. The molecule has 0 unspecified atom stereocenters. The molecule has 104 valence electrons. The second-order valence-corrected chi connectivity index (χ2v) is 5.56. The molecule has 1 aliphatic carbocycles. The largest absolute Gasteiger partial charge is 0.385 e. The van der Waals surface area contributed by atoms with Gasteiger partial charge in [0, 0.05) is 12.2 Å². The fourth-order valence-corrected chi connectivity index (χ4v) is 2.60. The molecular formula is C16H30N2. The Morgan fingerprint density at radius 3 is 2.61 bits per heavy atom. The molecular weight excluding hydrogens is 220 g/mol. The van der Waals surface area contributed by atoms with Crippen molar-refractivity contribution >= 4 is 0 Å². The minimum absolute atomic E-state index is 0.810. The number of hydrogen-bond donors (Lipinski definition) is 2. The second kappa shape index (κ2) is 9.21. The molecule has 0 aromatic rings. The molecule has 3 N–H and O–H groups in total. The van der Waals surface area contributed by atoms with Crippen LogP contribution in [0.15, 0.2) is 23.9 Å². The van der Waals surface area contributed by atoms with Gasteiger partial charge in [0.25, 0.3) is 0 Å². The Bertz CT molecular complexity index is 262. The molecule has 0 radical (unpaired) electrons. The fourth-order valence-electron chi connectivity index (χ4n) is 2.60.